The number of hydrogen-bond acceptors (Lipinski definition) is 4. The number of carbonyl (C=O) groups is 2. The molecule has 0 heterocycles. The predicted molar refractivity (Wildman–Crippen MR) is 96.1 cm³/mol. The van der Waals surface area contributed by atoms with Crippen molar-refractivity contribution in [1.82, 2.24) is 0 Å². The van der Waals surface area contributed by atoms with Crippen molar-refractivity contribution in [3.05, 3.63) is 65.7 Å². The number of benzene rings is 2. The number of aliphatic hydroxyl groups excluding tert-OH is 1. The van der Waals surface area contributed by atoms with Gasteiger partial charge in [-0.1, -0.05) is 56.3 Å². The summed E-state index contributed by atoms with van der Waals surface area (Å²) in [7, 11) is 0. The van der Waals surface area contributed by atoms with E-state index in [1.165, 1.54) is 5.56 Å². The topological polar surface area (TPSA) is 75.6 Å². The molecule has 0 fully saturated rings. The molecule has 5 nitrogen and oxygen atoms in total. The zero-order valence-corrected chi connectivity index (χ0v) is 14.4. The number of rotatable bonds is 7. The van der Waals surface area contributed by atoms with Crippen LogP contribution in [0.1, 0.15) is 43.4 Å². The van der Waals surface area contributed by atoms with Gasteiger partial charge in [-0.05, 0) is 35.6 Å². The van der Waals surface area contributed by atoms with Gasteiger partial charge in [0, 0.05) is 5.69 Å². The highest BCUT2D eigenvalue weighted by molar-refractivity contribution is 5.93. The zero-order chi connectivity index (χ0) is 18.2. The van der Waals surface area contributed by atoms with Crippen LogP contribution >= 0.6 is 0 Å². The molecule has 2 rings (SSSR count). The molecule has 2 aromatic carbocycles. The molecule has 0 unspecified atom stereocenters. The number of aliphatic hydroxyl groups is 1. The third kappa shape index (κ3) is 5.43. The highest BCUT2D eigenvalue weighted by Gasteiger charge is 2.19. The fraction of sp³-hybridized carbons (Fsp3) is 0.300. The van der Waals surface area contributed by atoms with Gasteiger partial charge in [0.05, 0.1) is 0 Å². The molecule has 5 heteroatoms. The van der Waals surface area contributed by atoms with Crippen LogP contribution < -0.4 is 5.32 Å². The Morgan fingerprint density at radius 1 is 1.04 bits per heavy atom. The lowest BCUT2D eigenvalue weighted by molar-refractivity contribution is -0.156. The third-order valence-corrected chi connectivity index (χ3v) is 4.06. The summed E-state index contributed by atoms with van der Waals surface area (Å²) >= 11 is 0. The first-order valence-electron chi connectivity index (χ1n) is 8.30. The van der Waals surface area contributed by atoms with E-state index in [0.717, 1.165) is 6.42 Å². The van der Waals surface area contributed by atoms with E-state index in [9.17, 15) is 14.7 Å². The van der Waals surface area contributed by atoms with Crippen LogP contribution in [0.2, 0.25) is 0 Å². The van der Waals surface area contributed by atoms with E-state index in [-0.39, 0.29) is 0 Å². The molecule has 132 valence electrons. The van der Waals surface area contributed by atoms with Gasteiger partial charge < -0.3 is 15.2 Å². The van der Waals surface area contributed by atoms with Crippen molar-refractivity contribution in [2.45, 2.75) is 32.3 Å². The zero-order valence-electron chi connectivity index (χ0n) is 14.4. The molecule has 0 aliphatic carbocycles. The van der Waals surface area contributed by atoms with Crippen molar-refractivity contribution in [2.24, 2.45) is 0 Å². The van der Waals surface area contributed by atoms with Crippen LogP contribution in [-0.4, -0.2) is 23.6 Å². The molecule has 0 radical (unpaired) electrons. The van der Waals surface area contributed by atoms with Gasteiger partial charge in [-0.3, -0.25) is 4.79 Å². The minimum Gasteiger partial charge on any atom is -0.453 e. The van der Waals surface area contributed by atoms with Crippen LogP contribution in [0, 0.1) is 0 Å². The van der Waals surface area contributed by atoms with E-state index in [1.807, 2.05) is 24.3 Å². The molecule has 0 aromatic heterocycles. The van der Waals surface area contributed by atoms with E-state index in [0.29, 0.717) is 17.2 Å². The van der Waals surface area contributed by atoms with Gasteiger partial charge in [0.25, 0.3) is 5.91 Å². The van der Waals surface area contributed by atoms with Gasteiger partial charge in [0.2, 0.25) is 0 Å². The van der Waals surface area contributed by atoms with Crippen LogP contribution in [0.4, 0.5) is 5.69 Å². The van der Waals surface area contributed by atoms with Crippen molar-refractivity contribution in [3.8, 4) is 0 Å². The average molecular weight is 341 g/mol. The van der Waals surface area contributed by atoms with E-state index in [4.69, 9.17) is 4.74 Å². The van der Waals surface area contributed by atoms with E-state index < -0.39 is 24.6 Å². The molecule has 0 spiro atoms. The van der Waals surface area contributed by atoms with Gasteiger partial charge in [0.1, 0.15) is 0 Å². The number of hydrogen-bond donors (Lipinski definition) is 2. The van der Waals surface area contributed by atoms with E-state index in [2.05, 4.69) is 19.2 Å². The standard InChI is InChI=1S/C20H23NO4/c1-3-14(2)15-9-11-17(12-10-15)21-18(22)13-25-20(24)19(23)16-7-5-4-6-8-16/h4-12,14,19,23H,3,13H2,1-2H3,(H,21,22)/t14-,19+/m1/s1. The van der Waals surface area contributed by atoms with Gasteiger partial charge in [-0.25, -0.2) is 4.79 Å². The quantitative estimate of drug-likeness (QED) is 0.757. The summed E-state index contributed by atoms with van der Waals surface area (Å²) in [5, 5.41) is 12.6. The molecule has 0 aliphatic rings. The van der Waals surface area contributed by atoms with Gasteiger partial charge >= 0.3 is 5.97 Å². The van der Waals surface area contributed by atoms with Crippen molar-refractivity contribution in [3.63, 3.8) is 0 Å². The maximum atomic E-state index is 11.9. The lowest BCUT2D eigenvalue weighted by atomic mass is 9.99. The molecule has 2 atom stereocenters. The van der Waals surface area contributed by atoms with Crippen molar-refractivity contribution in [2.75, 3.05) is 11.9 Å². The number of amides is 1. The summed E-state index contributed by atoms with van der Waals surface area (Å²) in [5.41, 5.74) is 2.27. The van der Waals surface area contributed by atoms with Crippen molar-refractivity contribution >= 4 is 17.6 Å². The highest BCUT2D eigenvalue weighted by atomic mass is 16.5. The lowest BCUT2D eigenvalue weighted by Crippen LogP contribution is -2.23. The van der Waals surface area contributed by atoms with E-state index in [1.54, 1.807) is 30.3 Å². The summed E-state index contributed by atoms with van der Waals surface area (Å²) in [6, 6.07) is 16.0. The molecule has 0 bridgehead atoms. The average Bonchev–Trinajstić information content (AvgIpc) is 2.66. The molecule has 0 saturated carbocycles. The summed E-state index contributed by atoms with van der Waals surface area (Å²) in [6.45, 7) is 3.82. The fourth-order valence-corrected chi connectivity index (χ4v) is 2.31. The first-order valence-corrected chi connectivity index (χ1v) is 8.30. The Bertz CT molecular complexity index is 697. The normalized spacial score (nSPS) is 12.9. The monoisotopic (exact) mass is 341 g/mol. The Morgan fingerprint density at radius 3 is 2.28 bits per heavy atom. The van der Waals surface area contributed by atoms with Crippen LogP contribution in [0.15, 0.2) is 54.6 Å². The molecular formula is C20H23NO4. The largest absolute Gasteiger partial charge is 0.453 e. The van der Waals surface area contributed by atoms with Crippen LogP contribution in [-0.2, 0) is 14.3 Å². The summed E-state index contributed by atoms with van der Waals surface area (Å²) in [5.74, 6) is -0.844. The Hall–Kier alpha value is -2.66. The lowest BCUT2D eigenvalue weighted by Gasteiger charge is -2.12. The number of anilines is 1. The minimum absolute atomic E-state index is 0.425. The number of esters is 1. The maximum Gasteiger partial charge on any atom is 0.340 e. The Balaban J connectivity index is 1.83. The second kappa shape index (κ2) is 8.99. The summed E-state index contributed by atoms with van der Waals surface area (Å²) in [6.07, 6.45) is -0.352. The first-order chi connectivity index (χ1) is 12.0. The number of nitrogens with one attached hydrogen (secondary N) is 1. The van der Waals surface area contributed by atoms with Gasteiger partial charge in [-0.15, -0.1) is 0 Å². The Morgan fingerprint density at radius 2 is 1.68 bits per heavy atom. The van der Waals surface area contributed by atoms with Gasteiger partial charge in [-0.2, -0.15) is 0 Å². The summed E-state index contributed by atoms with van der Waals surface area (Å²) < 4.78 is 4.87. The molecule has 2 N–H and O–H groups in total. The second-order valence-corrected chi connectivity index (χ2v) is 5.90. The highest BCUT2D eigenvalue weighted by Crippen LogP contribution is 2.20. The third-order valence-electron chi connectivity index (χ3n) is 4.06. The first kappa shape index (κ1) is 18.7. The van der Waals surface area contributed by atoms with Crippen molar-refractivity contribution in [1.29, 1.82) is 0 Å². The van der Waals surface area contributed by atoms with E-state index >= 15 is 0 Å². The fourth-order valence-electron chi connectivity index (χ4n) is 2.31. The Kier molecular flexibility index (Phi) is 6.71. The SMILES string of the molecule is CC[C@@H](C)c1ccc(NC(=O)COC(=O)[C@@H](O)c2ccccc2)cc1. The Labute approximate surface area is 147 Å². The predicted octanol–water partition coefficient (Wildman–Crippen LogP) is 3.42. The smallest absolute Gasteiger partial charge is 0.340 e. The molecule has 25 heavy (non-hydrogen) atoms. The molecule has 1 amide bonds. The molecular weight excluding hydrogens is 318 g/mol. The second-order valence-electron chi connectivity index (χ2n) is 5.90. The maximum absolute atomic E-state index is 11.9. The van der Waals surface area contributed by atoms with Crippen LogP contribution in [0.25, 0.3) is 0 Å². The molecule has 0 saturated heterocycles. The number of carbonyl (C=O) groups excluding carboxylic acids is 2. The van der Waals surface area contributed by atoms with Crippen LogP contribution in [0.5, 0.6) is 0 Å². The van der Waals surface area contributed by atoms with Crippen LogP contribution in [0.3, 0.4) is 0 Å². The number of ether oxygens (including phenoxy) is 1. The molecule has 2 aromatic rings. The van der Waals surface area contributed by atoms with Crippen molar-refractivity contribution < 1.29 is 19.4 Å². The minimum atomic E-state index is -1.40. The summed E-state index contributed by atoms with van der Waals surface area (Å²) in [4.78, 5) is 23.7. The van der Waals surface area contributed by atoms with Gasteiger partial charge in [0.15, 0.2) is 12.7 Å². The molecule has 0 aliphatic heterocycles.